The first kappa shape index (κ1) is 22.9. The molecule has 3 rings (SSSR count). The van der Waals surface area contributed by atoms with Crippen LogP contribution in [0.15, 0.2) is 47.5 Å². The van der Waals surface area contributed by atoms with Gasteiger partial charge >= 0.3 is 0 Å². The lowest BCUT2D eigenvalue weighted by atomic mass is 10.0. The SMILES string of the molecule is CN=C(NCc1ccc(OC)c(C)c1)NCC(c1ccc(OC)cc1)N1CCOCC1. The van der Waals surface area contributed by atoms with Crippen LogP contribution < -0.4 is 20.1 Å². The first-order valence-electron chi connectivity index (χ1n) is 10.7. The fourth-order valence-corrected chi connectivity index (χ4v) is 3.82. The minimum atomic E-state index is 0.219. The molecule has 2 aromatic rings. The molecule has 0 radical (unpaired) electrons. The van der Waals surface area contributed by atoms with E-state index in [0.29, 0.717) is 6.54 Å². The molecule has 2 N–H and O–H groups in total. The Hall–Kier alpha value is -2.77. The molecule has 7 nitrogen and oxygen atoms in total. The molecular formula is C24H34N4O3. The summed E-state index contributed by atoms with van der Waals surface area (Å²) in [6.45, 7) is 6.83. The number of benzene rings is 2. The average molecular weight is 427 g/mol. The molecule has 31 heavy (non-hydrogen) atoms. The lowest BCUT2D eigenvalue weighted by Crippen LogP contribution is -2.46. The molecule has 1 heterocycles. The number of rotatable bonds is 8. The fraction of sp³-hybridized carbons (Fsp3) is 0.458. The number of morpholine rings is 1. The smallest absolute Gasteiger partial charge is 0.191 e. The van der Waals surface area contributed by atoms with E-state index in [2.05, 4.69) is 51.7 Å². The van der Waals surface area contributed by atoms with Crippen molar-refractivity contribution >= 4 is 5.96 Å². The molecule has 0 amide bonds. The molecule has 1 atom stereocenters. The van der Waals surface area contributed by atoms with Gasteiger partial charge in [0.2, 0.25) is 0 Å². The number of hydrogen-bond donors (Lipinski definition) is 2. The van der Waals surface area contributed by atoms with Crippen LogP contribution in [0.1, 0.15) is 22.7 Å². The van der Waals surface area contributed by atoms with Crippen LogP contribution in [0.3, 0.4) is 0 Å². The van der Waals surface area contributed by atoms with Crippen molar-refractivity contribution in [2.24, 2.45) is 4.99 Å². The van der Waals surface area contributed by atoms with Gasteiger partial charge in [0.25, 0.3) is 0 Å². The highest BCUT2D eigenvalue weighted by molar-refractivity contribution is 5.79. The molecular weight excluding hydrogens is 392 g/mol. The Kier molecular flexibility index (Phi) is 8.55. The Morgan fingerprint density at radius 3 is 2.42 bits per heavy atom. The van der Waals surface area contributed by atoms with Crippen molar-refractivity contribution in [1.82, 2.24) is 15.5 Å². The predicted molar refractivity (Wildman–Crippen MR) is 124 cm³/mol. The first-order valence-corrected chi connectivity index (χ1v) is 10.7. The number of ether oxygens (including phenoxy) is 3. The number of hydrogen-bond acceptors (Lipinski definition) is 5. The number of methoxy groups -OCH3 is 2. The van der Waals surface area contributed by atoms with E-state index in [1.165, 1.54) is 11.1 Å². The lowest BCUT2D eigenvalue weighted by molar-refractivity contribution is 0.0170. The van der Waals surface area contributed by atoms with Crippen LogP contribution in [0.5, 0.6) is 11.5 Å². The topological polar surface area (TPSA) is 67.4 Å². The molecule has 1 aliphatic heterocycles. The van der Waals surface area contributed by atoms with Crippen LogP contribution in [-0.2, 0) is 11.3 Å². The first-order chi connectivity index (χ1) is 15.1. The van der Waals surface area contributed by atoms with Crippen LogP contribution in [0.2, 0.25) is 0 Å². The second-order valence-electron chi connectivity index (χ2n) is 7.55. The van der Waals surface area contributed by atoms with Crippen molar-refractivity contribution in [3.05, 3.63) is 59.2 Å². The molecule has 1 unspecified atom stereocenters. The van der Waals surface area contributed by atoms with Crippen molar-refractivity contribution in [2.75, 3.05) is 54.1 Å². The van der Waals surface area contributed by atoms with E-state index < -0.39 is 0 Å². The van der Waals surface area contributed by atoms with Gasteiger partial charge in [-0.3, -0.25) is 9.89 Å². The van der Waals surface area contributed by atoms with Gasteiger partial charge in [0.15, 0.2) is 5.96 Å². The molecule has 1 saturated heterocycles. The summed E-state index contributed by atoms with van der Waals surface area (Å²) in [5.41, 5.74) is 3.55. The summed E-state index contributed by atoms with van der Waals surface area (Å²) in [7, 11) is 5.18. The lowest BCUT2D eigenvalue weighted by Gasteiger charge is -2.35. The second-order valence-corrected chi connectivity index (χ2v) is 7.55. The van der Waals surface area contributed by atoms with Crippen molar-refractivity contribution in [3.8, 4) is 11.5 Å². The molecule has 2 aromatic carbocycles. The monoisotopic (exact) mass is 426 g/mol. The Morgan fingerprint density at radius 2 is 1.81 bits per heavy atom. The Morgan fingerprint density at radius 1 is 1.06 bits per heavy atom. The van der Waals surface area contributed by atoms with Crippen molar-refractivity contribution in [3.63, 3.8) is 0 Å². The van der Waals surface area contributed by atoms with Crippen LogP contribution in [0.4, 0.5) is 0 Å². The third-order valence-electron chi connectivity index (χ3n) is 5.59. The van der Waals surface area contributed by atoms with Crippen molar-refractivity contribution in [2.45, 2.75) is 19.5 Å². The van der Waals surface area contributed by atoms with Gasteiger partial charge in [-0.2, -0.15) is 0 Å². The third kappa shape index (κ3) is 6.35. The minimum absolute atomic E-state index is 0.219. The van der Waals surface area contributed by atoms with Gasteiger partial charge in [-0.25, -0.2) is 0 Å². The quantitative estimate of drug-likeness (QED) is 0.500. The third-order valence-corrected chi connectivity index (χ3v) is 5.59. The molecule has 168 valence electrons. The maximum atomic E-state index is 5.56. The zero-order valence-electron chi connectivity index (χ0n) is 19.0. The van der Waals surface area contributed by atoms with E-state index in [1.54, 1.807) is 21.3 Å². The number of aryl methyl sites for hydroxylation is 1. The molecule has 1 fully saturated rings. The fourth-order valence-electron chi connectivity index (χ4n) is 3.82. The molecule has 0 aromatic heterocycles. The maximum absolute atomic E-state index is 5.56. The van der Waals surface area contributed by atoms with E-state index >= 15 is 0 Å². The summed E-state index contributed by atoms with van der Waals surface area (Å²) in [5, 5.41) is 6.92. The van der Waals surface area contributed by atoms with Crippen LogP contribution in [-0.4, -0.2) is 65.0 Å². The van der Waals surface area contributed by atoms with Crippen molar-refractivity contribution < 1.29 is 14.2 Å². The molecule has 0 aliphatic carbocycles. The van der Waals surface area contributed by atoms with Gasteiger partial charge in [-0.05, 0) is 41.8 Å². The number of nitrogens with one attached hydrogen (secondary N) is 2. The van der Waals surface area contributed by atoms with Crippen LogP contribution in [0.25, 0.3) is 0 Å². The number of guanidine groups is 1. The minimum Gasteiger partial charge on any atom is -0.497 e. The average Bonchev–Trinajstić information content (AvgIpc) is 2.82. The van der Waals surface area contributed by atoms with Crippen molar-refractivity contribution in [1.29, 1.82) is 0 Å². The summed E-state index contributed by atoms with van der Waals surface area (Å²) >= 11 is 0. The summed E-state index contributed by atoms with van der Waals surface area (Å²) in [4.78, 5) is 6.86. The summed E-state index contributed by atoms with van der Waals surface area (Å²) in [6.07, 6.45) is 0. The van der Waals surface area contributed by atoms with Gasteiger partial charge in [0, 0.05) is 33.2 Å². The standard InChI is InChI=1S/C24H34N4O3/c1-18-15-19(5-10-23(18)30-4)16-26-24(25-2)27-17-22(28-11-13-31-14-12-28)20-6-8-21(29-3)9-7-20/h5-10,15,22H,11-14,16-17H2,1-4H3,(H2,25,26,27). The largest absolute Gasteiger partial charge is 0.497 e. The zero-order valence-corrected chi connectivity index (χ0v) is 19.0. The van der Waals surface area contributed by atoms with E-state index in [0.717, 1.165) is 55.9 Å². The Balaban J connectivity index is 1.63. The van der Waals surface area contributed by atoms with E-state index in [9.17, 15) is 0 Å². The van der Waals surface area contributed by atoms with Gasteiger partial charge in [0.05, 0.1) is 33.5 Å². The van der Waals surface area contributed by atoms with E-state index in [1.807, 2.05) is 18.2 Å². The van der Waals surface area contributed by atoms with Gasteiger partial charge in [-0.15, -0.1) is 0 Å². The van der Waals surface area contributed by atoms with E-state index in [-0.39, 0.29) is 6.04 Å². The highest BCUT2D eigenvalue weighted by atomic mass is 16.5. The number of nitrogens with zero attached hydrogens (tertiary/aromatic N) is 2. The van der Waals surface area contributed by atoms with Gasteiger partial charge in [0.1, 0.15) is 11.5 Å². The summed E-state index contributed by atoms with van der Waals surface area (Å²) in [6, 6.07) is 14.7. The van der Waals surface area contributed by atoms with Gasteiger partial charge in [-0.1, -0.05) is 24.3 Å². The van der Waals surface area contributed by atoms with Crippen LogP contribution in [0, 0.1) is 6.92 Å². The highest BCUT2D eigenvalue weighted by Gasteiger charge is 2.23. The zero-order chi connectivity index (χ0) is 22.1. The highest BCUT2D eigenvalue weighted by Crippen LogP contribution is 2.24. The molecule has 0 bridgehead atoms. The predicted octanol–water partition coefficient (Wildman–Crippen LogP) is 2.75. The van der Waals surface area contributed by atoms with Crippen LogP contribution >= 0.6 is 0 Å². The normalized spacial score (nSPS) is 15.9. The Bertz CT molecular complexity index is 848. The van der Waals surface area contributed by atoms with Gasteiger partial charge < -0.3 is 24.8 Å². The summed E-state index contributed by atoms with van der Waals surface area (Å²) in [5.74, 6) is 2.55. The Labute approximate surface area is 185 Å². The second kappa shape index (κ2) is 11.6. The molecule has 0 spiro atoms. The number of aliphatic imine (C=N–C) groups is 1. The summed E-state index contributed by atoms with van der Waals surface area (Å²) < 4.78 is 16.2. The molecule has 7 heteroatoms. The molecule has 1 aliphatic rings. The molecule has 0 saturated carbocycles. The maximum Gasteiger partial charge on any atom is 0.191 e. The van der Waals surface area contributed by atoms with E-state index in [4.69, 9.17) is 14.2 Å².